The topological polar surface area (TPSA) is 66.0 Å². The Bertz CT molecular complexity index is 835. The van der Waals surface area contributed by atoms with Gasteiger partial charge in [-0.2, -0.15) is 18.3 Å². The van der Waals surface area contributed by atoms with E-state index in [0.29, 0.717) is 10.3 Å². The van der Waals surface area contributed by atoms with Crippen LogP contribution in [0.5, 0.6) is 0 Å². The van der Waals surface area contributed by atoms with Crippen molar-refractivity contribution in [2.45, 2.75) is 6.18 Å². The van der Waals surface area contributed by atoms with Gasteiger partial charge in [-0.3, -0.25) is 5.10 Å². The lowest BCUT2D eigenvalue weighted by molar-refractivity contribution is -0.136. The first kappa shape index (κ1) is 13.6. The molecule has 2 aromatic heterocycles. The first-order valence-electron chi connectivity index (χ1n) is 5.74. The van der Waals surface area contributed by atoms with Gasteiger partial charge in [0.2, 0.25) is 0 Å². The summed E-state index contributed by atoms with van der Waals surface area (Å²) in [6, 6.07) is 5.41. The van der Waals surface area contributed by atoms with Crippen LogP contribution in [0, 0.1) is 0 Å². The zero-order chi connectivity index (χ0) is 15.2. The van der Waals surface area contributed by atoms with E-state index in [2.05, 4.69) is 10.2 Å². The normalized spacial score (nSPS) is 12.0. The number of carboxylic acid groups (broad SMARTS) is 1. The Morgan fingerprint density at radius 3 is 2.76 bits per heavy atom. The van der Waals surface area contributed by atoms with E-state index in [9.17, 15) is 18.0 Å². The second kappa shape index (κ2) is 4.59. The average molecular weight is 312 g/mol. The highest BCUT2D eigenvalue weighted by Gasteiger charge is 2.33. The number of halogens is 3. The maximum atomic E-state index is 13.0. The molecule has 0 aliphatic carbocycles. The number of aromatic carboxylic acids is 1. The number of aromatic amines is 1. The Hall–Kier alpha value is -2.35. The largest absolute Gasteiger partial charge is 0.478 e. The predicted octanol–water partition coefficient (Wildman–Crippen LogP) is 4.01. The van der Waals surface area contributed by atoms with Gasteiger partial charge in [0.1, 0.15) is 5.56 Å². The molecule has 0 saturated heterocycles. The van der Waals surface area contributed by atoms with Gasteiger partial charge in [-0.1, -0.05) is 12.1 Å². The molecule has 8 heteroatoms. The van der Waals surface area contributed by atoms with Gasteiger partial charge >= 0.3 is 12.1 Å². The van der Waals surface area contributed by atoms with E-state index in [1.54, 1.807) is 6.07 Å². The van der Waals surface area contributed by atoms with Crippen molar-refractivity contribution in [3.05, 3.63) is 41.6 Å². The van der Waals surface area contributed by atoms with Crippen molar-refractivity contribution in [1.82, 2.24) is 10.2 Å². The van der Waals surface area contributed by atoms with Crippen molar-refractivity contribution in [3.63, 3.8) is 0 Å². The minimum Gasteiger partial charge on any atom is -0.478 e. The van der Waals surface area contributed by atoms with E-state index in [-0.39, 0.29) is 16.0 Å². The zero-order valence-corrected chi connectivity index (χ0v) is 11.0. The van der Waals surface area contributed by atoms with E-state index in [1.165, 1.54) is 12.1 Å². The molecule has 0 amide bonds. The number of carboxylic acids is 1. The Morgan fingerprint density at radius 1 is 1.33 bits per heavy atom. The molecule has 0 aliphatic heterocycles. The molecule has 21 heavy (non-hydrogen) atoms. The van der Waals surface area contributed by atoms with Crippen LogP contribution in [-0.4, -0.2) is 21.3 Å². The number of aromatic nitrogens is 2. The number of thiophene rings is 1. The third-order valence-electron chi connectivity index (χ3n) is 2.97. The van der Waals surface area contributed by atoms with Gasteiger partial charge in [0.15, 0.2) is 0 Å². The highest BCUT2D eigenvalue weighted by Crippen LogP contribution is 2.41. The van der Waals surface area contributed by atoms with Crippen LogP contribution in [0.25, 0.3) is 20.7 Å². The van der Waals surface area contributed by atoms with Gasteiger partial charge in [0.05, 0.1) is 22.3 Å². The van der Waals surface area contributed by atoms with Crippen molar-refractivity contribution >= 4 is 27.4 Å². The van der Waals surface area contributed by atoms with Gasteiger partial charge in [-0.25, -0.2) is 4.79 Å². The smallest absolute Gasteiger partial charge is 0.417 e. The van der Waals surface area contributed by atoms with E-state index >= 15 is 0 Å². The number of nitrogens with zero attached hydrogens (tertiary/aromatic N) is 1. The summed E-state index contributed by atoms with van der Waals surface area (Å²) >= 11 is 0.885. The minimum absolute atomic E-state index is 0.0740. The van der Waals surface area contributed by atoms with Gasteiger partial charge in [0.25, 0.3) is 0 Å². The molecule has 3 aromatic rings. The summed E-state index contributed by atoms with van der Waals surface area (Å²) in [7, 11) is 0. The Labute approximate surface area is 119 Å². The summed E-state index contributed by atoms with van der Waals surface area (Å²) in [5.74, 6) is -1.19. The quantitative estimate of drug-likeness (QED) is 0.751. The monoisotopic (exact) mass is 312 g/mol. The summed E-state index contributed by atoms with van der Waals surface area (Å²) < 4.78 is 39.0. The lowest BCUT2D eigenvalue weighted by atomic mass is 10.1. The molecule has 1 aromatic carbocycles. The van der Waals surface area contributed by atoms with Crippen molar-refractivity contribution < 1.29 is 23.1 Å². The number of H-pyrrole nitrogens is 1. The molecule has 0 unspecified atom stereocenters. The second-order valence-corrected chi connectivity index (χ2v) is 5.35. The lowest BCUT2D eigenvalue weighted by Gasteiger charge is -2.06. The molecule has 0 bridgehead atoms. The molecule has 0 saturated carbocycles. The number of hydrogen-bond donors (Lipinski definition) is 2. The Balaban J connectivity index is 2.23. The van der Waals surface area contributed by atoms with E-state index in [4.69, 9.17) is 5.11 Å². The van der Waals surface area contributed by atoms with Crippen LogP contribution >= 0.6 is 11.3 Å². The third-order valence-corrected chi connectivity index (χ3v) is 4.17. The van der Waals surface area contributed by atoms with Gasteiger partial charge in [0, 0.05) is 4.70 Å². The zero-order valence-electron chi connectivity index (χ0n) is 10.2. The maximum absolute atomic E-state index is 13.0. The highest BCUT2D eigenvalue weighted by atomic mass is 32.1. The molecular formula is C13H7F3N2O2S. The fourth-order valence-electron chi connectivity index (χ4n) is 2.05. The number of nitrogens with one attached hydrogen (secondary N) is 1. The van der Waals surface area contributed by atoms with Crippen LogP contribution in [0.4, 0.5) is 13.2 Å². The van der Waals surface area contributed by atoms with E-state index in [1.807, 2.05) is 0 Å². The van der Waals surface area contributed by atoms with E-state index in [0.717, 1.165) is 23.6 Å². The van der Waals surface area contributed by atoms with Crippen LogP contribution in [0.15, 0.2) is 30.5 Å². The molecule has 2 N–H and O–H groups in total. The van der Waals surface area contributed by atoms with Crippen molar-refractivity contribution in [1.29, 1.82) is 0 Å². The van der Waals surface area contributed by atoms with E-state index < -0.39 is 17.7 Å². The number of alkyl halides is 3. The van der Waals surface area contributed by atoms with Crippen LogP contribution in [0.3, 0.4) is 0 Å². The lowest BCUT2D eigenvalue weighted by Crippen LogP contribution is -2.04. The van der Waals surface area contributed by atoms with Crippen molar-refractivity contribution in [2.24, 2.45) is 0 Å². The Kier molecular flexibility index (Phi) is 2.98. The van der Waals surface area contributed by atoms with Gasteiger partial charge in [-0.15, -0.1) is 11.3 Å². The van der Waals surface area contributed by atoms with Crippen molar-refractivity contribution in [3.8, 4) is 10.6 Å². The summed E-state index contributed by atoms with van der Waals surface area (Å²) in [5, 5.41) is 15.6. The Morgan fingerprint density at radius 2 is 2.10 bits per heavy atom. The summed E-state index contributed by atoms with van der Waals surface area (Å²) in [6.45, 7) is 0. The summed E-state index contributed by atoms with van der Waals surface area (Å²) in [4.78, 5) is 11.5. The second-order valence-electron chi connectivity index (χ2n) is 4.30. The molecule has 0 aliphatic rings. The first-order chi connectivity index (χ1) is 9.88. The third kappa shape index (κ3) is 2.27. The number of fused-ring (bicyclic) bond motifs is 1. The standard InChI is InChI=1S/C13H7F3N2O2S/c14-13(15,16)8-3-1-2-6-4-9(21-11(6)8)10-7(12(19)20)5-17-18-10/h1-5H,(H,17,18)(H,19,20). The number of hydrogen-bond acceptors (Lipinski definition) is 3. The molecule has 0 radical (unpaired) electrons. The maximum Gasteiger partial charge on any atom is 0.417 e. The fraction of sp³-hybridized carbons (Fsp3) is 0.0769. The average Bonchev–Trinajstić information content (AvgIpc) is 3.02. The van der Waals surface area contributed by atoms with Crippen LogP contribution in [-0.2, 0) is 6.18 Å². The first-order valence-corrected chi connectivity index (χ1v) is 6.56. The van der Waals surface area contributed by atoms with Crippen LogP contribution in [0.2, 0.25) is 0 Å². The van der Waals surface area contributed by atoms with Crippen LogP contribution in [0.1, 0.15) is 15.9 Å². The molecule has 4 nitrogen and oxygen atoms in total. The number of benzene rings is 1. The van der Waals surface area contributed by atoms with Crippen molar-refractivity contribution in [2.75, 3.05) is 0 Å². The SMILES string of the molecule is O=C(O)c1cn[nH]c1-c1cc2cccc(C(F)(F)F)c2s1. The summed E-state index contributed by atoms with van der Waals surface area (Å²) in [6.07, 6.45) is -3.32. The molecule has 3 rings (SSSR count). The van der Waals surface area contributed by atoms with Crippen LogP contribution < -0.4 is 0 Å². The molecular weight excluding hydrogens is 305 g/mol. The van der Waals surface area contributed by atoms with Gasteiger partial charge in [-0.05, 0) is 17.5 Å². The molecule has 2 heterocycles. The molecule has 0 fully saturated rings. The molecule has 0 atom stereocenters. The molecule has 108 valence electrons. The number of rotatable bonds is 2. The fourth-order valence-corrected chi connectivity index (χ4v) is 3.25. The molecule has 0 spiro atoms. The van der Waals surface area contributed by atoms with Gasteiger partial charge < -0.3 is 5.11 Å². The summed E-state index contributed by atoms with van der Waals surface area (Å²) in [5.41, 5.74) is -0.598. The minimum atomic E-state index is -4.45. The number of carbonyl (C=O) groups is 1. The predicted molar refractivity (Wildman–Crippen MR) is 71.4 cm³/mol. The highest BCUT2D eigenvalue weighted by molar-refractivity contribution is 7.22.